The Morgan fingerprint density at radius 2 is 2.05 bits per heavy atom. The Labute approximate surface area is 124 Å². The van der Waals surface area contributed by atoms with Crippen LogP contribution in [0.1, 0.15) is 25.0 Å². The molecule has 1 aromatic carbocycles. The number of amides is 1. The highest BCUT2D eigenvalue weighted by Gasteiger charge is 2.29. The molecule has 0 spiro atoms. The third-order valence-electron chi connectivity index (χ3n) is 3.37. The molecule has 2 N–H and O–H groups in total. The van der Waals surface area contributed by atoms with Crippen LogP contribution in [0.3, 0.4) is 0 Å². The molecule has 20 heavy (non-hydrogen) atoms. The maximum absolute atomic E-state index is 12.3. The molecule has 0 aromatic heterocycles. The minimum atomic E-state index is -0.260. The van der Waals surface area contributed by atoms with Gasteiger partial charge in [-0.3, -0.25) is 4.79 Å². The van der Waals surface area contributed by atoms with E-state index in [9.17, 15) is 4.79 Å². The van der Waals surface area contributed by atoms with E-state index in [0.29, 0.717) is 31.1 Å². The highest BCUT2D eigenvalue weighted by atomic mass is 32.1. The van der Waals surface area contributed by atoms with Gasteiger partial charge in [0.25, 0.3) is 0 Å². The summed E-state index contributed by atoms with van der Waals surface area (Å²) in [6, 6.07) is 7.51. The Morgan fingerprint density at radius 3 is 2.60 bits per heavy atom. The number of carbonyl (C=O) groups is 1. The Balaban J connectivity index is 1.99. The SMILES string of the molecule is CC1(C)CN(C(=O)Cc2ccc(C(N)=S)cc2)CCO1. The van der Waals surface area contributed by atoms with Gasteiger partial charge >= 0.3 is 0 Å². The molecule has 1 aliphatic rings. The summed E-state index contributed by atoms with van der Waals surface area (Å²) in [5.41, 5.74) is 7.09. The van der Waals surface area contributed by atoms with Crippen molar-refractivity contribution in [3.05, 3.63) is 35.4 Å². The van der Waals surface area contributed by atoms with Crippen LogP contribution in [0.2, 0.25) is 0 Å². The molecule has 0 unspecified atom stereocenters. The van der Waals surface area contributed by atoms with Gasteiger partial charge in [-0.1, -0.05) is 36.5 Å². The van der Waals surface area contributed by atoms with Gasteiger partial charge in [0.1, 0.15) is 4.99 Å². The number of hydrogen-bond donors (Lipinski definition) is 1. The molecule has 0 bridgehead atoms. The summed E-state index contributed by atoms with van der Waals surface area (Å²) < 4.78 is 5.62. The highest BCUT2D eigenvalue weighted by molar-refractivity contribution is 7.80. The van der Waals surface area contributed by atoms with Crippen molar-refractivity contribution in [3.8, 4) is 0 Å². The number of rotatable bonds is 3. The molecule has 1 amide bonds. The lowest BCUT2D eigenvalue weighted by atomic mass is 10.1. The topological polar surface area (TPSA) is 55.6 Å². The van der Waals surface area contributed by atoms with Crippen LogP contribution in [0.15, 0.2) is 24.3 Å². The van der Waals surface area contributed by atoms with Crippen LogP contribution in [0.5, 0.6) is 0 Å². The highest BCUT2D eigenvalue weighted by Crippen LogP contribution is 2.17. The predicted molar refractivity (Wildman–Crippen MR) is 82.6 cm³/mol. The average Bonchev–Trinajstić information content (AvgIpc) is 2.38. The van der Waals surface area contributed by atoms with Crippen LogP contribution in [0.4, 0.5) is 0 Å². The Bertz CT molecular complexity index is 511. The van der Waals surface area contributed by atoms with Crippen molar-refractivity contribution >= 4 is 23.1 Å². The first-order valence-corrected chi connectivity index (χ1v) is 7.09. The van der Waals surface area contributed by atoms with E-state index >= 15 is 0 Å². The zero-order chi connectivity index (χ0) is 14.8. The Hall–Kier alpha value is -1.46. The van der Waals surface area contributed by atoms with Crippen LogP contribution in [0, 0.1) is 0 Å². The van der Waals surface area contributed by atoms with E-state index in [1.54, 1.807) is 0 Å². The van der Waals surface area contributed by atoms with Gasteiger partial charge < -0.3 is 15.4 Å². The molecule has 0 radical (unpaired) electrons. The first-order chi connectivity index (χ1) is 9.37. The van der Waals surface area contributed by atoms with Crippen molar-refractivity contribution in [2.24, 2.45) is 5.73 Å². The summed E-state index contributed by atoms with van der Waals surface area (Å²) >= 11 is 4.91. The van der Waals surface area contributed by atoms with E-state index in [1.807, 2.05) is 43.0 Å². The van der Waals surface area contributed by atoms with E-state index in [-0.39, 0.29) is 11.5 Å². The van der Waals surface area contributed by atoms with Gasteiger partial charge in [-0.05, 0) is 19.4 Å². The zero-order valence-electron chi connectivity index (χ0n) is 11.9. The molecule has 0 atom stereocenters. The van der Waals surface area contributed by atoms with Crippen LogP contribution < -0.4 is 5.73 Å². The number of morpholine rings is 1. The second-order valence-electron chi connectivity index (χ2n) is 5.66. The third kappa shape index (κ3) is 3.77. The number of hydrogen-bond acceptors (Lipinski definition) is 3. The smallest absolute Gasteiger partial charge is 0.227 e. The van der Waals surface area contributed by atoms with Gasteiger partial charge in [0.2, 0.25) is 5.91 Å². The number of carbonyl (C=O) groups excluding carboxylic acids is 1. The largest absolute Gasteiger partial charge is 0.389 e. The molecule has 108 valence electrons. The Kier molecular flexibility index (Phi) is 4.40. The number of thiocarbonyl (C=S) groups is 1. The molecule has 5 heteroatoms. The van der Waals surface area contributed by atoms with Gasteiger partial charge in [0.15, 0.2) is 0 Å². The summed E-state index contributed by atoms with van der Waals surface area (Å²) in [5.74, 6) is 0.129. The first-order valence-electron chi connectivity index (χ1n) is 6.68. The fourth-order valence-corrected chi connectivity index (χ4v) is 2.44. The van der Waals surface area contributed by atoms with Crippen molar-refractivity contribution < 1.29 is 9.53 Å². The lowest BCUT2D eigenvalue weighted by Crippen LogP contribution is -2.51. The summed E-state index contributed by atoms with van der Waals surface area (Å²) in [6.07, 6.45) is 0.397. The van der Waals surface area contributed by atoms with E-state index in [1.165, 1.54) is 0 Å². The minimum absolute atomic E-state index is 0.129. The average molecular weight is 292 g/mol. The van der Waals surface area contributed by atoms with Crippen molar-refractivity contribution in [3.63, 3.8) is 0 Å². The molecule has 0 aliphatic carbocycles. The van der Waals surface area contributed by atoms with Crippen LogP contribution in [-0.4, -0.2) is 41.1 Å². The lowest BCUT2D eigenvalue weighted by Gasteiger charge is -2.38. The maximum Gasteiger partial charge on any atom is 0.227 e. The second kappa shape index (κ2) is 5.89. The molecule has 2 rings (SSSR count). The standard InChI is InChI=1S/C15H20N2O2S/c1-15(2)10-17(7-8-19-15)13(18)9-11-3-5-12(6-4-11)14(16)20/h3-6H,7-10H2,1-2H3,(H2,16,20). The van der Waals surface area contributed by atoms with E-state index in [2.05, 4.69) is 0 Å². The lowest BCUT2D eigenvalue weighted by molar-refractivity contribution is -0.145. The second-order valence-corrected chi connectivity index (χ2v) is 6.10. The molecule has 0 saturated carbocycles. The van der Waals surface area contributed by atoms with Crippen molar-refractivity contribution in [1.29, 1.82) is 0 Å². The molecule has 1 saturated heterocycles. The van der Waals surface area contributed by atoms with Gasteiger partial charge in [0, 0.05) is 18.7 Å². The summed E-state index contributed by atoms with van der Waals surface area (Å²) in [7, 11) is 0. The van der Waals surface area contributed by atoms with Crippen molar-refractivity contribution in [2.45, 2.75) is 25.9 Å². The fraction of sp³-hybridized carbons (Fsp3) is 0.467. The molecule has 1 aliphatic heterocycles. The van der Waals surface area contributed by atoms with Gasteiger partial charge in [0.05, 0.1) is 18.6 Å². The van der Waals surface area contributed by atoms with Crippen LogP contribution in [-0.2, 0) is 16.0 Å². The minimum Gasteiger partial charge on any atom is -0.389 e. The number of nitrogens with zero attached hydrogens (tertiary/aromatic N) is 1. The van der Waals surface area contributed by atoms with Crippen molar-refractivity contribution in [1.82, 2.24) is 4.90 Å². The summed E-state index contributed by atoms with van der Waals surface area (Å²) in [5, 5.41) is 0. The van der Waals surface area contributed by atoms with E-state index in [4.69, 9.17) is 22.7 Å². The normalized spacial score (nSPS) is 17.8. The summed E-state index contributed by atoms with van der Waals surface area (Å²) in [6.45, 7) is 5.90. The van der Waals surface area contributed by atoms with Gasteiger partial charge in [-0.15, -0.1) is 0 Å². The molecule has 1 heterocycles. The van der Waals surface area contributed by atoms with Crippen LogP contribution in [0.25, 0.3) is 0 Å². The molecule has 1 aromatic rings. The number of nitrogens with two attached hydrogens (primary N) is 1. The maximum atomic E-state index is 12.3. The predicted octanol–water partition coefficient (Wildman–Crippen LogP) is 1.50. The van der Waals surface area contributed by atoms with Crippen LogP contribution >= 0.6 is 12.2 Å². The van der Waals surface area contributed by atoms with Gasteiger partial charge in [-0.25, -0.2) is 0 Å². The number of ether oxygens (including phenoxy) is 1. The Morgan fingerprint density at radius 1 is 1.40 bits per heavy atom. The molecular formula is C15H20N2O2S. The summed E-state index contributed by atoms with van der Waals surface area (Å²) in [4.78, 5) is 14.5. The molecule has 4 nitrogen and oxygen atoms in total. The van der Waals surface area contributed by atoms with E-state index in [0.717, 1.165) is 11.1 Å². The van der Waals surface area contributed by atoms with Gasteiger partial charge in [-0.2, -0.15) is 0 Å². The third-order valence-corrected chi connectivity index (χ3v) is 3.61. The zero-order valence-corrected chi connectivity index (χ0v) is 12.7. The van der Waals surface area contributed by atoms with Crippen molar-refractivity contribution in [2.75, 3.05) is 19.7 Å². The molecular weight excluding hydrogens is 272 g/mol. The van der Waals surface area contributed by atoms with E-state index < -0.39 is 0 Å². The monoisotopic (exact) mass is 292 g/mol. The fourth-order valence-electron chi connectivity index (χ4n) is 2.30. The first kappa shape index (κ1) is 14.9. The molecule has 1 fully saturated rings. The number of benzene rings is 1. The quantitative estimate of drug-likeness (QED) is 0.858.